The SMILES string of the molecule is C/C=C/C(=O)BBO. The van der Waals surface area contributed by atoms with Gasteiger partial charge in [-0.25, -0.2) is 0 Å². The lowest BCUT2D eigenvalue weighted by Crippen LogP contribution is -2.12. The van der Waals surface area contributed by atoms with Crippen molar-refractivity contribution < 1.29 is 9.82 Å². The highest BCUT2D eigenvalue weighted by molar-refractivity contribution is 7.14. The number of hydrogen-bond acceptors (Lipinski definition) is 2. The van der Waals surface area contributed by atoms with Crippen LogP contribution in [-0.4, -0.2) is 25.3 Å². The molecule has 0 fully saturated rings. The molecule has 0 bridgehead atoms. The third-order valence-corrected chi connectivity index (χ3v) is 0.711. The Balaban J connectivity index is 3.33. The molecular weight excluding hydrogens is 102 g/mol. The number of carbonyl (C=O) groups is 1. The van der Waals surface area contributed by atoms with Crippen LogP contribution in [0, 0.1) is 0 Å². The fourth-order valence-electron chi connectivity index (χ4n) is 0.379. The Hall–Kier alpha value is -0.500. The molecule has 0 radical (unpaired) electrons. The smallest absolute Gasteiger partial charge is 0.240 e. The normalized spacial score (nSPS) is 9.25. The van der Waals surface area contributed by atoms with Crippen LogP contribution in [0.5, 0.6) is 0 Å². The maximum absolute atomic E-state index is 10.4. The van der Waals surface area contributed by atoms with Gasteiger partial charge in [-0.15, -0.1) is 0 Å². The number of hydrogen-bond donors (Lipinski definition) is 1. The van der Waals surface area contributed by atoms with E-state index >= 15 is 0 Å². The Bertz CT molecular complexity index is 100. The predicted octanol–water partition coefficient (Wildman–Crippen LogP) is -1.22. The van der Waals surface area contributed by atoms with Crippen LogP contribution in [0.3, 0.4) is 0 Å². The van der Waals surface area contributed by atoms with Crippen LogP contribution in [-0.2, 0) is 4.79 Å². The Labute approximate surface area is 50.1 Å². The minimum atomic E-state index is -0.0524. The average Bonchev–Trinajstić information content (AvgIpc) is 1.68. The predicted molar refractivity (Wildman–Crippen MR) is 36.3 cm³/mol. The largest absolute Gasteiger partial charge is 0.462 e. The standard InChI is InChI=1S/C4H8B2O2/c1-2-3-4(7)5-6-8/h2-3,5-6,8H,1H3/b3-2+. The van der Waals surface area contributed by atoms with Crippen LogP contribution in [0.25, 0.3) is 0 Å². The summed E-state index contributed by atoms with van der Waals surface area (Å²) in [7, 11) is 0.188. The Morgan fingerprint density at radius 3 is 2.75 bits per heavy atom. The Morgan fingerprint density at radius 1 is 1.75 bits per heavy atom. The molecule has 0 aliphatic heterocycles. The highest BCUT2D eigenvalue weighted by atomic mass is 16.2. The quantitative estimate of drug-likeness (QED) is 0.365. The molecule has 4 heteroatoms. The van der Waals surface area contributed by atoms with Gasteiger partial charge >= 0.3 is 0 Å². The molecule has 8 heavy (non-hydrogen) atoms. The van der Waals surface area contributed by atoms with E-state index in [0.29, 0.717) is 0 Å². The van der Waals surface area contributed by atoms with Crippen LogP contribution in [0.15, 0.2) is 12.2 Å². The zero-order valence-electron chi connectivity index (χ0n) is 4.92. The molecule has 2 nitrogen and oxygen atoms in total. The first-order valence-electron chi connectivity index (χ1n) is 2.57. The lowest BCUT2D eigenvalue weighted by atomic mass is 9.47. The maximum Gasteiger partial charge on any atom is 0.240 e. The van der Waals surface area contributed by atoms with Crippen molar-refractivity contribution in [3.63, 3.8) is 0 Å². The van der Waals surface area contributed by atoms with E-state index in [2.05, 4.69) is 0 Å². The minimum Gasteiger partial charge on any atom is -0.462 e. The van der Waals surface area contributed by atoms with E-state index in [0.717, 1.165) is 0 Å². The van der Waals surface area contributed by atoms with Crippen LogP contribution < -0.4 is 0 Å². The van der Waals surface area contributed by atoms with E-state index < -0.39 is 0 Å². The van der Waals surface area contributed by atoms with Crippen LogP contribution in [0.1, 0.15) is 6.92 Å². The molecule has 0 atom stereocenters. The van der Waals surface area contributed by atoms with Crippen molar-refractivity contribution in [2.24, 2.45) is 0 Å². The van der Waals surface area contributed by atoms with E-state index in [1.54, 1.807) is 13.0 Å². The van der Waals surface area contributed by atoms with Gasteiger partial charge in [0.25, 0.3) is 0 Å². The van der Waals surface area contributed by atoms with Gasteiger partial charge in [-0.2, -0.15) is 0 Å². The van der Waals surface area contributed by atoms with E-state index in [9.17, 15) is 4.79 Å². The van der Waals surface area contributed by atoms with Crippen molar-refractivity contribution in [3.05, 3.63) is 12.2 Å². The molecule has 0 unspecified atom stereocenters. The zero-order chi connectivity index (χ0) is 6.41. The molecular formula is C4H8B2O2. The van der Waals surface area contributed by atoms with Crippen molar-refractivity contribution >= 4 is 20.2 Å². The van der Waals surface area contributed by atoms with Gasteiger partial charge in [-0.1, -0.05) is 6.08 Å². The summed E-state index contributed by atoms with van der Waals surface area (Å²) in [6.07, 6.45) is 3.12. The zero-order valence-corrected chi connectivity index (χ0v) is 4.92. The first kappa shape index (κ1) is 7.50. The highest BCUT2D eigenvalue weighted by Gasteiger charge is 1.96. The number of allylic oxidation sites excluding steroid dienone is 2. The fraction of sp³-hybridized carbons (Fsp3) is 0.250. The lowest BCUT2D eigenvalue weighted by molar-refractivity contribution is -0.107. The molecule has 0 rings (SSSR count). The summed E-state index contributed by atoms with van der Waals surface area (Å²) in [5.41, 5.74) is -0.0185. The summed E-state index contributed by atoms with van der Waals surface area (Å²) in [6, 6.07) is 0. The van der Waals surface area contributed by atoms with Crippen molar-refractivity contribution in [3.8, 4) is 0 Å². The van der Waals surface area contributed by atoms with Gasteiger partial charge in [0.1, 0.15) is 5.68 Å². The van der Waals surface area contributed by atoms with Crippen LogP contribution in [0.4, 0.5) is 0 Å². The van der Waals surface area contributed by atoms with Crippen LogP contribution >= 0.6 is 0 Å². The van der Waals surface area contributed by atoms with Crippen molar-refractivity contribution in [2.75, 3.05) is 0 Å². The van der Waals surface area contributed by atoms with Gasteiger partial charge in [0.05, 0.1) is 0 Å². The minimum absolute atomic E-state index is 0.0185. The van der Waals surface area contributed by atoms with E-state index in [-0.39, 0.29) is 20.2 Å². The molecule has 1 N–H and O–H groups in total. The monoisotopic (exact) mass is 110 g/mol. The molecule has 0 amide bonds. The van der Waals surface area contributed by atoms with E-state index in [1.807, 2.05) is 0 Å². The van der Waals surface area contributed by atoms with Crippen molar-refractivity contribution in [1.29, 1.82) is 0 Å². The summed E-state index contributed by atoms with van der Waals surface area (Å²) in [5, 5.41) is 8.21. The van der Waals surface area contributed by atoms with Gasteiger partial charge in [0.15, 0.2) is 0 Å². The van der Waals surface area contributed by atoms with Crippen molar-refractivity contribution in [2.45, 2.75) is 6.92 Å². The third-order valence-electron chi connectivity index (χ3n) is 0.711. The molecule has 0 aliphatic carbocycles. The van der Waals surface area contributed by atoms with Gasteiger partial charge in [0, 0.05) is 0 Å². The van der Waals surface area contributed by atoms with Crippen LogP contribution in [0.2, 0.25) is 0 Å². The maximum atomic E-state index is 10.4. The fourth-order valence-corrected chi connectivity index (χ4v) is 0.379. The summed E-state index contributed by atoms with van der Waals surface area (Å²) < 4.78 is 0. The lowest BCUT2D eigenvalue weighted by Gasteiger charge is -1.80. The first-order valence-corrected chi connectivity index (χ1v) is 2.57. The number of carbonyl (C=O) groups excluding carboxylic acids is 1. The molecule has 0 saturated heterocycles. The van der Waals surface area contributed by atoms with Gasteiger partial charge in [0.2, 0.25) is 14.5 Å². The second-order valence-electron chi connectivity index (χ2n) is 1.44. The molecule has 42 valence electrons. The topological polar surface area (TPSA) is 37.3 Å². The van der Waals surface area contributed by atoms with Gasteiger partial charge < -0.3 is 9.82 Å². The summed E-state index contributed by atoms with van der Waals surface area (Å²) in [4.78, 5) is 10.4. The van der Waals surface area contributed by atoms with Gasteiger partial charge in [-0.3, -0.25) is 0 Å². The Morgan fingerprint density at radius 2 is 2.38 bits per heavy atom. The summed E-state index contributed by atoms with van der Waals surface area (Å²) >= 11 is 0. The van der Waals surface area contributed by atoms with Crippen molar-refractivity contribution in [1.82, 2.24) is 0 Å². The molecule has 0 heterocycles. The molecule has 0 aliphatic rings. The molecule has 0 aromatic carbocycles. The average molecular weight is 110 g/mol. The van der Waals surface area contributed by atoms with E-state index in [4.69, 9.17) is 5.02 Å². The summed E-state index contributed by atoms with van der Waals surface area (Å²) in [6.45, 7) is 1.77. The third kappa shape index (κ3) is 3.68. The Kier molecular flexibility index (Phi) is 4.36. The second-order valence-corrected chi connectivity index (χ2v) is 1.44. The highest BCUT2D eigenvalue weighted by Crippen LogP contribution is 1.70. The first-order chi connectivity index (χ1) is 3.81. The molecule has 0 aromatic rings. The summed E-state index contributed by atoms with van der Waals surface area (Å²) in [5.74, 6) is 0. The molecule has 0 saturated carbocycles. The molecule has 0 spiro atoms. The van der Waals surface area contributed by atoms with E-state index in [1.165, 1.54) is 6.08 Å². The molecule has 0 aromatic heterocycles. The van der Waals surface area contributed by atoms with Gasteiger partial charge in [-0.05, 0) is 13.0 Å². The number of rotatable bonds is 3. The second kappa shape index (κ2) is 4.65.